The number of β-lactam (4-membered cyclic amide) rings is 1. The number of carboxylic acid groups (broad SMARTS) is 1. The number of aromatic hydroxyl groups is 1. The lowest BCUT2D eigenvalue weighted by atomic mass is 9.95. The fourth-order valence-electron chi connectivity index (χ4n) is 3.09. The molecule has 0 aromatic heterocycles. The Kier molecular flexibility index (Phi) is 2.88. The smallest absolute Gasteiger partial charge is 0.327 e. The van der Waals surface area contributed by atoms with E-state index in [0.717, 1.165) is 0 Å². The Morgan fingerprint density at radius 1 is 1.48 bits per heavy atom. The minimum atomic E-state index is -1.49. The number of benzene rings is 1. The Labute approximate surface area is 155 Å². The van der Waals surface area contributed by atoms with Gasteiger partial charge in [0.2, 0.25) is 11.8 Å². The zero-order chi connectivity index (χ0) is 22.4. The summed E-state index contributed by atoms with van der Waals surface area (Å²) in [4.78, 5) is 38.8. The number of nitrogens with one attached hydrogen (secondary N) is 1. The van der Waals surface area contributed by atoms with Gasteiger partial charge in [0.05, 0.1) is 0 Å². The third-order valence-electron chi connectivity index (χ3n) is 4.33. The van der Waals surface area contributed by atoms with E-state index in [1.165, 1.54) is 40.9 Å². The Bertz CT molecular complexity index is 858. The third-order valence-corrected chi connectivity index (χ3v) is 5.89. The van der Waals surface area contributed by atoms with Gasteiger partial charge in [-0.25, -0.2) is 4.79 Å². The molecule has 9 heteroatoms. The largest absolute Gasteiger partial charge is 0.508 e. The number of aliphatic carboxylic acids is 1. The van der Waals surface area contributed by atoms with E-state index in [1.807, 2.05) is 0 Å². The van der Waals surface area contributed by atoms with Crippen molar-refractivity contribution < 1.29 is 28.8 Å². The zero-order valence-electron chi connectivity index (χ0n) is 18.4. The van der Waals surface area contributed by atoms with Gasteiger partial charge in [-0.1, -0.05) is 12.1 Å². The molecule has 8 nitrogen and oxygen atoms in total. The average molecular weight is 370 g/mol. The van der Waals surface area contributed by atoms with E-state index in [4.69, 9.17) is 7.10 Å². The highest BCUT2D eigenvalue weighted by Crippen LogP contribution is 2.50. The molecule has 0 saturated carbocycles. The Balaban J connectivity index is 1.83. The second-order valence-corrected chi connectivity index (χ2v) is 8.23. The number of rotatable bonds is 6. The summed E-state index contributed by atoms with van der Waals surface area (Å²) in [5, 5.41) is 8.11. The molecule has 3 rings (SSSR count). The van der Waals surface area contributed by atoms with Crippen LogP contribution in [0.15, 0.2) is 24.3 Å². The normalized spacial score (nSPS) is 30.7. The molecule has 0 aliphatic carbocycles. The first-order valence-electron chi connectivity index (χ1n) is 9.70. The number of fused-ring (bicyclic) bond motifs is 1. The number of carbonyl (C=O) groups excluding carboxylic acids is 2. The van der Waals surface area contributed by atoms with Crippen LogP contribution in [0.25, 0.3) is 1.43 Å². The minimum absolute atomic E-state index is 0.132. The van der Waals surface area contributed by atoms with Crippen molar-refractivity contribution in [3.63, 3.8) is 0 Å². The number of carbonyl (C=O) groups is 3. The lowest BCUT2D eigenvalue weighted by Crippen LogP contribution is -2.71. The van der Waals surface area contributed by atoms with Gasteiger partial charge in [-0.3, -0.25) is 9.59 Å². The molecular formula is C16H19N3O5S. The number of phenols is 1. The fraction of sp³-hybridized carbons (Fsp3) is 0.438. The monoisotopic (exact) mass is 370 g/mol. The van der Waals surface area contributed by atoms with Gasteiger partial charge in [0.25, 0.3) is 2.86 Å². The summed E-state index contributed by atoms with van der Waals surface area (Å²) in [7, 11) is 0. The van der Waals surface area contributed by atoms with Gasteiger partial charge in [0.15, 0.2) is 1.41 Å². The lowest BCUT2D eigenvalue weighted by molar-refractivity contribution is -0.161. The Morgan fingerprint density at radius 2 is 2.20 bits per heavy atom. The average Bonchev–Trinajstić information content (AvgIpc) is 2.94. The molecule has 0 bridgehead atoms. The number of carboxylic acids is 1. The molecule has 2 aliphatic heterocycles. The second kappa shape index (κ2) is 5.92. The van der Waals surface area contributed by atoms with Crippen LogP contribution in [0.5, 0.6) is 5.75 Å². The van der Waals surface area contributed by atoms with Crippen molar-refractivity contribution >= 4 is 29.5 Å². The van der Waals surface area contributed by atoms with Crippen LogP contribution < -0.4 is 11.0 Å². The molecule has 1 aromatic carbocycles. The van der Waals surface area contributed by atoms with Gasteiger partial charge in [-0.15, -0.1) is 11.8 Å². The predicted octanol–water partition coefficient (Wildman–Crippen LogP) is 0.0237. The van der Waals surface area contributed by atoms with E-state index in [9.17, 15) is 14.4 Å². The van der Waals surface area contributed by atoms with Crippen molar-refractivity contribution in [2.24, 2.45) is 5.72 Å². The summed E-state index contributed by atoms with van der Waals surface area (Å²) in [5.41, 5.74) is 0.342. The van der Waals surface area contributed by atoms with Crippen LogP contribution in [-0.4, -0.2) is 56.5 Å². The number of nitrogens with two attached hydrogens (primary N) is 1. The minimum Gasteiger partial charge on any atom is -0.508 e. The van der Waals surface area contributed by atoms with E-state index in [0.29, 0.717) is 5.31 Å². The highest BCUT2D eigenvalue weighted by atomic mass is 32.2. The van der Waals surface area contributed by atoms with Crippen LogP contribution in [-0.2, 0) is 14.4 Å². The molecule has 0 spiro atoms. The highest BCUT2D eigenvalue weighted by Gasteiger charge is 2.64. The number of nitrogens with zero attached hydrogens (tertiary/aromatic N) is 1. The van der Waals surface area contributed by atoms with Crippen molar-refractivity contribution in [3.8, 4) is 5.75 Å². The number of hydrogen-bond donors (Lipinski definition) is 4. The molecule has 2 saturated heterocycles. The third kappa shape index (κ3) is 2.83. The van der Waals surface area contributed by atoms with Crippen molar-refractivity contribution in [1.29, 1.82) is 2.86 Å². The molecule has 2 fully saturated rings. The predicted molar refractivity (Wildman–Crippen MR) is 90.7 cm³/mol. The SMILES string of the molecule is [2H]OC(=O)[C@@H]1N2C(=O)[C@@H](N([2H])C(=O)C(c3ccc(O[2H])cc3)N([2H])[2H])C2SC1(C)C. The standard InChI is InChI=1S/C16H19N3O5S/c1-16(2)11(15(23)24)19-13(22)10(14(19)25-16)18-12(21)9(17)7-3-5-8(20)6-4-7/h3-6,9-11,14,20H,17H2,1-2H3,(H,18,21)(H,23,24)/t9?,10-,11+,14?/m1/s1/i/hD5. The van der Waals surface area contributed by atoms with Gasteiger partial charge < -0.3 is 26.1 Å². The summed E-state index contributed by atoms with van der Waals surface area (Å²) < 4.78 is 36.4. The molecule has 1 aromatic rings. The van der Waals surface area contributed by atoms with E-state index < -0.39 is 46.0 Å². The maximum atomic E-state index is 12.9. The lowest BCUT2D eigenvalue weighted by Gasteiger charge is -2.43. The first-order chi connectivity index (χ1) is 14.0. The van der Waals surface area contributed by atoms with Gasteiger partial charge in [-0.05, 0) is 31.5 Å². The number of thioether (sulfide) groups is 1. The second-order valence-electron chi connectivity index (χ2n) is 6.46. The summed E-state index contributed by atoms with van der Waals surface area (Å²) in [6.45, 7) is 3.40. The van der Waals surface area contributed by atoms with E-state index in [1.54, 1.807) is 13.8 Å². The summed E-state index contributed by atoms with van der Waals surface area (Å²) in [6.07, 6.45) is 0. The maximum Gasteiger partial charge on any atom is 0.327 e. The van der Waals surface area contributed by atoms with Gasteiger partial charge >= 0.3 is 5.97 Å². The molecule has 0 radical (unpaired) electrons. The van der Waals surface area contributed by atoms with E-state index in [-0.39, 0.29) is 17.0 Å². The highest BCUT2D eigenvalue weighted by molar-refractivity contribution is 8.01. The van der Waals surface area contributed by atoms with Gasteiger partial charge in [0.1, 0.15) is 32.1 Å². The van der Waals surface area contributed by atoms with Crippen LogP contribution >= 0.6 is 11.8 Å². The van der Waals surface area contributed by atoms with Crippen molar-refractivity contribution in [3.05, 3.63) is 29.8 Å². The Morgan fingerprint density at radius 3 is 2.80 bits per heavy atom. The van der Waals surface area contributed by atoms with Crippen LogP contribution in [0.3, 0.4) is 0 Å². The number of hydrogen-bond acceptors (Lipinski definition) is 7. The van der Waals surface area contributed by atoms with Gasteiger partial charge in [0, 0.05) is 4.75 Å². The Hall–Kier alpha value is -2.26. The van der Waals surface area contributed by atoms with E-state index in [2.05, 4.69) is 10.2 Å². The van der Waals surface area contributed by atoms with Crippen LogP contribution in [0.2, 0.25) is 4.24 Å². The first kappa shape index (κ1) is 12.2. The van der Waals surface area contributed by atoms with Crippen molar-refractivity contribution in [2.45, 2.75) is 42.1 Å². The molecule has 2 unspecified atom stereocenters. The van der Waals surface area contributed by atoms with Gasteiger partial charge in [-0.2, -0.15) is 0 Å². The molecule has 2 aliphatic rings. The molecule has 2 amide bonds. The topological polar surface area (TPSA) is 133 Å². The quantitative estimate of drug-likeness (QED) is 0.519. The molecule has 134 valence electrons. The fourth-order valence-corrected chi connectivity index (χ4v) is 4.70. The molecule has 25 heavy (non-hydrogen) atoms. The number of phenolic OH excluding ortho intramolecular Hbond substituents is 1. The van der Waals surface area contributed by atoms with Crippen LogP contribution in [0, 0.1) is 0 Å². The summed E-state index contributed by atoms with van der Waals surface area (Å²) in [6, 6.07) is 1.82. The van der Waals surface area contributed by atoms with Crippen LogP contribution in [0.1, 0.15) is 25.5 Å². The number of amides is 2. The van der Waals surface area contributed by atoms with Crippen molar-refractivity contribution in [1.82, 2.24) is 10.2 Å². The molecule has 4 atom stereocenters. The zero-order valence-corrected chi connectivity index (χ0v) is 14.2. The maximum absolute atomic E-state index is 12.9. The van der Waals surface area contributed by atoms with Crippen LogP contribution in [0.4, 0.5) is 0 Å². The summed E-state index contributed by atoms with van der Waals surface area (Å²) >= 11 is 1.21. The molecular weight excluding hydrogens is 346 g/mol. The first-order valence-corrected chi connectivity index (χ1v) is 8.42. The molecule has 5 N–H and O–H groups in total. The van der Waals surface area contributed by atoms with E-state index >= 15 is 0 Å². The summed E-state index contributed by atoms with van der Waals surface area (Å²) in [5.74, 6) is -2.32. The van der Waals surface area contributed by atoms with Crippen molar-refractivity contribution in [2.75, 3.05) is 0 Å². The molecule has 2 heterocycles.